The van der Waals surface area contributed by atoms with E-state index in [9.17, 15) is 0 Å². The summed E-state index contributed by atoms with van der Waals surface area (Å²) in [5.74, 6) is 1.34. The first-order chi connectivity index (χ1) is 13.8. The van der Waals surface area contributed by atoms with E-state index in [1.807, 2.05) is 30.3 Å². The first-order valence-corrected chi connectivity index (χ1v) is 9.24. The average molecular weight is 498 g/mol. The smallest absolute Gasteiger partial charge is 0.226 e. The number of fused-ring (bicyclic) bond motifs is 1. The van der Waals surface area contributed by atoms with Gasteiger partial charge in [0.05, 0.1) is 12.2 Å². The van der Waals surface area contributed by atoms with Crippen LogP contribution in [0.25, 0.3) is 22.2 Å². The molecular weight excluding hydrogens is 475 g/mol. The van der Waals surface area contributed by atoms with Crippen LogP contribution < -0.4 is 10.6 Å². The zero-order valence-electron chi connectivity index (χ0n) is 16.1. The number of hydrogen-bond donors (Lipinski definition) is 2. The summed E-state index contributed by atoms with van der Waals surface area (Å²) in [6, 6.07) is 24.6. The molecule has 29 heavy (non-hydrogen) atoms. The second-order valence-corrected chi connectivity index (χ2v) is 6.43. The molecule has 0 saturated carbocycles. The largest absolute Gasteiger partial charge is 0.444 e. The third-order valence-electron chi connectivity index (χ3n) is 4.56. The van der Waals surface area contributed by atoms with Crippen LogP contribution in [0, 0.1) is 0 Å². The Bertz CT molecular complexity index is 1090. The van der Waals surface area contributed by atoms with Crippen LogP contribution >= 0.6 is 24.0 Å². The number of aromatic nitrogens is 1. The van der Waals surface area contributed by atoms with E-state index in [2.05, 4.69) is 63.1 Å². The second kappa shape index (κ2) is 10.1. The van der Waals surface area contributed by atoms with Gasteiger partial charge in [-0.15, -0.1) is 24.0 Å². The van der Waals surface area contributed by atoms with Crippen LogP contribution in [0.3, 0.4) is 0 Å². The summed E-state index contributed by atoms with van der Waals surface area (Å²) >= 11 is 0. The quantitative estimate of drug-likeness (QED) is 0.232. The van der Waals surface area contributed by atoms with Crippen molar-refractivity contribution in [3.8, 4) is 11.5 Å². The predicted octanol–water partition coefficient (Wildman–Crippen LogP) is 4.98. The van der Waals surface area contributed by atoms with Crippen molar-refractivity contribution in [2.45, 2.75) is 13.1 Å². The number of guanidine groups is 1. The van der Waals surface area contributed by atoms with Crippen LogP contribution in [0.5, 0.6) is 0 Å². The van der Waals surface area contributed by atoms with Gasteiger partial charge in [0, 0.05) is 19.2 Å². The summed E-state index contributed by atoms with van der Waals surface area (Å²) in [6.45, 7) is 1.22. The number of hydrogen-bond acceptors (Lipinski definition) is 3. The van der Waals surface area contributed by atoms with E-state index >= 15 is 0 Å². The maximum absolute atomic E-state index is 5.58. The fraction of sp³-hybridized carbons (Fsp3) is 0.130. The first-order valence-electron chi connectivity index (χ1n) is 9.24. The van der Waals surface area contributed by atoms with E-state index in [-0.39, 0.29) is 24.0 Å². The van der Waals surface area contributed by atoms with Gasteiger partial charge in [-0.1, -0.05) is 60.7 Å². The Labute approximate surface area is 187 Å². The Kier molecular flexibility index (Phi) is 7.24. The number of rotatable bonds is 5. The molecule has 0 spiro atoms. The summed E-state index contributed by atoms with van der Waals surface area (Å²) in [5, 5.41) is 9.14. The minimum Gasteiger partial charge on any atom is -0.444 e. The van der Waals surface area contributed by atoms with Crippen molar-refractivity contribution in [1.29, 1.82) is 0 Å². The second-order valence-electron chi connectivity index (χ2n) is 6.43. The van der Waals surface area contributed by atoms with E-state index in [4.69, 9.17) is 4.42 Å². The van der Waals surface area contributed by atoms with Gasteiger partial charge in [-0.2, -0.15) is 0 Å². The molecule has 2 N–H and O–H groups in total. The third kappa shape index (κ3) is 5.14. The zero-order chi connectivity index (χ0) is 19.2. The highest BCUT2D eigenvalue weighted by molar-refractivity contribution is 14.0. The highest BCUT2D eigenvalue weighted by atomic mass is 127. The van der Waals surface area contributed by atoms with Crippen LogP contribution in [-0.4, -0.2) is 18.0 Å². The maximum atomic E-state index is 5.58. The molecule has 0 amide bonds. The number of nitrogens with one attached hydrogen (secondary N) is 2. The third-order valence-corrected chi connectivity index (χ3v) is 4.56. The number of oxazole rings is 1. The van der Waals surface area contributed by atoms with E-state index in [1.54, 1.807) is 13.3 Å². The summed E-state index contributed by atoms with van der Waals surface area (Å²) in [6.07, 6.45) is 1.67. The predicted molar refractivity (Wildman–Crippen MR) is 128 cm³/mol. The van der Waals surface area contributed by atoms with Gasteiger partial charge in [0.25, 0.3) is 0 Å². The molecule has 4 aromatic rings. The molecule has 0 radical (unpaired) electrons. The topological polar surface area (TPSA) is 62.5 Å². The van der Waals surface area contributed by atoms with Crippen molar-refractivity contribution in [3.63, 3.8) is 0 Å². The van der Waals surface area contributed by atoms with E-state index in [0.717, 1.165) is 17.2 Å². The molecule has 0 bridgehead atoms. The molecule has 148 valence electrons. The molecule has 0 fully saturated rings. The minimum absolute atomic E-state index is 0. The molecule has 4 rings (SSSR count). The van der Waals surface area contributed by atoms with Crippen molar-refractivity contribution < 1.29 is 4.42 Å². The van der Waals surface area contributed by atoms with Crippen molar-refractivity contribution >= 4 is 40.7 Å². The molecule has 0 aliphatic rings. The summed E-state index contributed by atoms with van der Waals surface area (Å²) in [7, 11) is 1.76. The molecule has 0 atom stereocenters. The van der Waals surface area contributed by atoms with Gasteiger partial charge in [0.15, 0.2) is 5.96 Å². The van der Waals surface area contributed by atoms with Crippen molar-refractivity contribution in [3.05, 3.63) is 90.3 Å². The van der Waals surface area contributed by atoms with Crippen LogP contribution in [0.2, 0.25) is 0 Å². The van der Waals surface area contributed by atoms with Gasteiger partial charge < -0.3 is 15.1 Å². The van der Waals surface area contributed by atoms with Gasteiger partial charge in [-0.05, 0) is 28.5 Å². The molecule has 0 saturated heterocycles. The molecular formula is C23H23IN4O. The SMILES string of the molecule is CN=C(NCc1coc(-c2ccccc2)n1)NCc1cccc2ccccc12.I. The number of halogens is 1. The normalized spacial score (nSPS) is 11.1. The van der Waals surface area contributed by atoms with Crippen LogP contribution in [0.4, 0.5) is 0 Å². The monoisotopic (exact) mass is 498 g/mol. The lowest BCUT2D eigenvalue weighted by molar-refractivity contribution is 0.572. The Morgan fingerprint density at radius 1 is 0.897 bits per heavy atom. The molecule has 3 aromatic carbocycles. The lowest BCUT2D eigenvalue weighted by atomic mass is 10.0. The van der Waals surface area contributed by atoms with Gasteiger partial charge in [0.2, 0.25) is 5.89 Å². The average Bonchev–Trinajstić information content (AvgIpc) is 3.24. The van der Waals surface area contributed by atoms with E-state index < -0.39 is 0 Å². The van der Waals surface area contributed by atoms with Gasteiger partial charge in [-0.25, -0.2) is 4.98 Å². The molecule has 1 heterocycles. The fourth-order valence-electron chi connectivity index (χ4n) is 3.12. The van der Waals surface area contributed by atoms with Crippen LogP contribution in [-0.2, 0) is 13.1 Å². The molecule has 0 aliphatic heterocycles. The fourth-order valence-corrected chi connectivity index (χ4v) is 3.12. The van der Waals surface area contributed by atoms with E-state index in [1.165, 1.54) is 16.3 Å². The molecule has 0 aliphatic carbocycles. The number of benzene rings is 3. The Hall–Kier alpha value is -2.87. The van der Waals surface area contributed by atoms with Crippen molar-refractivity contribution in [2.75, 3.05) is 7.05 Å². The van der Waals surface area contributed by atoms with Crippen LogP contribution in [0.1, 0.15) is 11.3 Å². The molecule has 0 unspecified atom stereocenters. The summed E-state index contributed by atoms with van der Waals surface area (Å²) in [4.78, 5) is 8.83. The molecule has 5 nitrogen and oxygen atoms in total. The summed E-state index contributed by atoms with van der Waals surface area (Å²) < 4.78 is 5.58. The highest BCUT2D eigenvalue weighted by Crippen LogP contribution is 2.19. The Morgan fingerprint density at radius 2 is 1.62 bits per heavy atom. The van der Waals surface area contributed by atoms with Gasteiger partial charge in [0.1, 0.15) is 6.26 Å². The number of nitrogens with zero attached hydrogens (tertiary/aromatic N) is 2. The first kappa shape index (κ1) is 20.9. The maximum Gasteiger partial charge on any atom is 0.226 e. The minimum atomic E-state index is 0. The lowest BCUT2D eigenvalue weighted by Gasteiger charge is -2.12. The standard InChI is InChI=1S/C23H22N4O.HI/c1-24-23(25-14-19-12-7-11-17-8-5-6-13-21(17)19)26-15-20-16-28-22(27-20)18-9-3-2-4-10-18;/h2-13,16H,14-15H2,1H3,(H2,24,25,26);1H. The highest BCUT2D eigenvalue weighted by Gasteiger charge is 2.07. The van der Waals surface area contributed by atoms with Crippen LogP contribution in [0.15, 0.2) is 88.5 Å². The zero-order valence-corrected chi connectivity index (χ0v) is 18.5. The van der Waals surface area contributed by atoms with Gasteiger partial charge in [-0.3, -0.25) is 4.99 Å². The molecule has 6 heteroatoms. The van der Waals surface area contributed by atoms with Crippen molar-refractivity contribution in [2.24, 2.45) is 4.99 Å². The van der Waals surface area contributed by atoms with E-state index in [0.29, 0.717) is 19.0 Å². The van der Waals surface area contributed by atoms with Gasteiger partial charge >= 0.3 is 0 Å². The molecule has 1 aromatic heterocycles. The summed E-state index contributed by atoms with van der Waals surface area (Å²) in [5.41, 5.74) is 3.02. The number of aliphatic imine (C=N–C) groups is 1. The Balaban J connectivity index is 0.00000240. The lowest BCUT2D eigenvalue weighted by Crippen LogP contribution is -2.36. The van der Waals surface area contributed by atoms with Crippen molar-refractivity contribution in [1.82, 2.24) is 15.6 Å². The Morgan fingerprint density at radius 3 is 2.45 bits per heavy atom.